The molecule has 2 heterocycles. The van der Waals surface area contributed by atoms with Gasteiger partial charge in [-0.1, -0.05) is 0 Å². The number of hydrogen-bond donors (Lipinski definition) is 2. The number of anilines is 1. The lowest BCUT2D eigenvalue weighted by molar-refractivity contribution is -0.384. The van der Waals surface area contributed by atoms with Gasteiger partial charge < -0.3 is 9.52 Å². The van der Waals surface area contributed by atoms with Crippen LogP contribution >= 0.6 is 0 Å². The summed E-state index contributed by atoms with van der Waals surface area (Å²) in [5.74, 6) is -1.82. The van der Waals surface area contributed by atoms with E-state index in [0.717, 1.165) is 29.3 Å². The molecule has 10 heteroatoms. The standard InChI is InChI=1S/C20H12FN3O6/c21-11-1-3-12(4-2-11)23-20(27)16(19(26)22-23)10-14-6-8-18(30-14)15-9-13(24(28)29)5-7-17(15)25/h1-10,25H,(H,22,26)/b16-10+. The van der Waals surface area contributed by atoms with E-state index in [2.05, 4.69) is 5.43 Å². The van der Waals surface area contributed by atoms with E-state index in [4.69, 9.17) is 4.42 Å². The highest BCUT2D eigenvalue weighted by Gasteiger charge is 2.34. The van der Waals surface area contributed by atoms with Crippen molar-refractivity contribution in [3.8, 4) is 17.1 Å². The molecule has 0 atom stereocenters. The zero-order valence-corrected chi connectivity index (χ0v) is 15.0. The van der Waals surface area contributed by atoms with Gasteiger partial charge in [-0.3, -0.25) is 25.1 Å². The van der Waals surface area contributed by atoms with Gasteiger partial charge in [-0.15, -0.1) is 0 Å². The van der Waals surface area contributed by atoms with Gasteiger partial charge in [-0.25, -0.2) is 9.40 Å². The predicted octanol–water partition coefficient (Wildman–Crippen LogP) is 3.16. The number of carbonyl (C=O) groups excluding carboxylic acids is 2. The maximum absolute atomic E-state index is 13.1. The first-order valence-corrected chi connectivity index (χ1v) is 8.54. The summed E-state index contributed by atoms with van der Waals surface area (Å²) in [4.78, 5) is 35.1. The monoisotopic (exact) mass is 409 g/mol. The highest BCUT2D eigenvalue weighted by atomic mass is 19.1. The van der Waals surface area contributed by atoms with E-state index in [-0.39, 0.29) is 39.8 Å². The normalized spacial score (nSPS) is 15.0. The van der Waals surface area contributed by atoms with Crippen LogP contribution in [0.5, 0.6) is 5.75 Å². The summed E-state index contributed by atoms with van der Waals surface area (Å²) in [7, 11) is 0. The molecule has 30 heavy (non-hydrogen) atoms. The number of hydrogen-bond acceptors (Lipinski definition) is 6. The van der Waals surface area contributed by atoms with Crippen LogP contribution in [0.25, 0.3) is 17.4 Å². The van der Waals surface area contributed by atoms with Gasteiger partial charge in [-0.05, 0) is 48.5 Å². The number of phenols is 1. The van der Waals surface area contributed by atoms with Crippen LogP contribution in [0.4, 0.5) is 15.8 Å². The van der Waals surface area contributed by atoms with Gasteiger partial charge >= 0.3 is 0 Å². The summed E-state index contributed by atoms with van der Waals surface area (Å²) >= 11 is 0. The van der Waals surface area contributed by atoms with Crippen molar-refractivity contribution in [2.75, 3.05) is 5.01 Å². The first-order valence-electron chi connectivity index (χ1n) is 8.54. The van der Waals surface area contributed by atoms with Gasteiger partial charge in [0.15, 0.2) is 0 Å². The van der Waals surface area contributed by atoms with Crippen molar-refractivity contribution in [3.63, 3.8) is 0 Å². The summed E-state index contributed by atoms with van der Waals surface area (Å²) in [5, 5.41) is 21.9. The quantitative estimate of drug-likeness (QED) is 0.295. The molecule has 0 spiro atoms. The Morgan fingerprint density at radius 1 is 1.10 bits per heavy atom. The average Bonchev–Trinajstić information content (AvgIpc) is 3.29. The van der Waals surface area contributed by atoms with E-state index in [1.165, 1.54) is 36.4 Å². The van der Waals surface area contributed by atoms with E-state index in [0.29, 0.717) is 0 Å². The molecular weight excluding hydrogens is 397 g/mol. The fourth-order valence-electron chi connectivity index (χ4n) is 2.88. The van der Waals surface area contributed by atoms with Crippen LogP contribution in [-0.2, 0) is 9.59 Å². The topological polar surface area (TPSA) is 126 Å². The molecule has 2 aromatic carbocycles. The molecule has 4 rings (SSSR count). The number of amides is 2. The molecule has 0 unspecified atom stereocenters. The average molecular weight is 409 g/mol. The van der Waals surface area contributed by atoms with Crippen LogP contribution < -0.4 is 10.4 Å². The van der Waals surface area contributed by atoms with E-state index >= 15 is 0 Å². The predicted molar refractivity (Wildman–Crippen MR) is 102 cm³/mol. The van der Waals surface area contributed by atoms with Gasteiger partial charge in [-0.2, -0.15) is 0 Å². The van der Waals surface area contributed by atoms with Crippen molar-refractivity contribution in [3.05, 3.63) is 81.9 Å². The Hall–Kier alpha value is -4.47. The molecule has 0 aliphatic carbocycles. The second-order valence-corrected chi connectivity index (χ2v) is 6.28. The maximum atomic E-state index is 13.1. The second kappa shape index (κ2) is 7.17. The summed E-state index contributed by atoms with van der Waals surface area (Å²) in [6.07, 6.45) is 1.21. The number of furan rings is 1. The number of halogens is 1. The maximum Gasteiger partial charge on any atom is 0.282 e. The van der Waals surface area contributed by atoms with E-state index in [1.54, 1.807) is 0 Å². The van der Waals surface area contributed by atoms with E-state index < -0.39 is 22.6 Å². The second-order valence-electron chi connectivity index (χ2n) is 6.28. The Balaban J connectivity index is 1.64. The fraction of sp³-hybridized carbons (Fsp3) is 0. The lowest BCUT2D eigenvalue weighted by Crippen LogP contribution is -2.35. The first kappa shape index (κ1) is 18.9. The van der Waals surface area contributed by atoms with Gasteiger partial charge in [0.25, 0.3) is 17.5 Å². The van der Waals surface area contributed by atoms with Crippen LogP contribution in [0.2, 0.25) is 0 Å². The van der Waals surface area contributed by atoms with E-state index in [1.807, 2.05) is 0 Å². The zero-order valence-electron chi connectivity index (χ0n) is 15.0. The number of phenolic OH excluding ortho intramolecular Hbond substituents is 1. The van der Waals surface area contributed by atoms with Crippen molar-refractivity contribution >= 4 is 29.3 Å². The van der Waals surface area contributed by atoms with Crippen molar-refractivity contribution in [2.45, 2.75) is 0 Å². The Kier molecular flexibility index (Phi) is 4.51. The minimum Gasteiger partial charge on any atom is -0.507 e. The molecule has 150 valence electrons. The number of nitro benzene ring substituents is 1. The summed E-state index contributed by atoms with van der Waals surface area (Å²) in [6, 6.07) is 11.3. The minimum atomic E-state index is -0.680. The van der Waals surface area contributed by atoms with Crippen LogP contribution in [0, 0.1) is 15.9 Å². The number of carbonyl (C=O) groups is 2. The van der Waals surface area contributed by atoms with Crippen molar-refractivity contribution < 1.29 is 28.4 Å². The Morgan fingerprint density at radius 3 is 2.53 bits per heavy atom. The molecule has 0 bridgehead atoms. The lowest BCUT2D eigenvalue weighted by Gasteiger charge is -2.14. The summed E-state index contributed by atoms with van der Waals surface area (Å²) in [5.41, 5.74) is 2.28. The molecule has 0 radical (unpaired) electrons. The third-order valence-corrected chi connectivity index (χ3v) is 4.35. The lowest BCUT2D eigenvalue weighted by atomic mass is 10.1. The third kappa shape index (κ3) is 3.37. The minimum absolute atomic E-state index is 0.0870. The van der Waals surface area contributed by atoms with Crippen molar-refractivity contribution in [2.24, 2.45) is 0 Å². The highest BCUT2D eigenvalue weighted by Crippen LogP contribution is 2.34. The van der Waals surface area contributed by atoms with Gasteiger partial charge in [0.1, 0.15) is 28.7 Å². The van der Waals surface area contributed by atoms with Gasteiger partial charge in [0, 0.05) is 12.1 Å². The third-order valence-electron chi connectivity index (χ3n) is 4.35. The molecule has 1 aliphatic heterocycles. The molecule has 0 saturated carbocycles. The van der Waals surface area contributed by atoms with Crippen LogP contribution in [0.1, 0.15) is 5.76 Å². The molecule has 9 nitrogen and oxygen atoms in total. The molecule has 3 aromatic rings. The molecule has 1 saturated heterocycles. The van der Waals surface area contributed by atoms with Crippen LogP contribution in [-0.4, -0.2) is 21.8 Å². The van der Waals surface area contributed by atoms with Crippen molar-refractivity contribution in [1.82, 2.24) is 5.43 Å². The van der Waals surface area contributed by atoms with Gasteiger partial charge in [0.2, 0.25) is 0 Å². The first-order chi connectivity index (χ1) is 14.3. The Labute approximate surface area is 167 Å². The number of hydrazine groups is 1. The summed E-state index contributed by atoms with van der Waals surface area (Å²) in [6.45, 7) is 0. The zero-order chi connectivity index (χ0) is 21.4. The fourth-order valence-corrected chi connectivity index (χ4v) is 2.88. The number of benzene rings is 2. The van der Waals surface area contributed by atoms with E-state index in [9.17, 15) is 29.2 Å². The Morgan fingerprint density at radius 2 is 1.83 bits per heavy atom. The Bertz CT molecular complexity index is 1220. The largest absolute Gasteiger partial charge is 0.507 e. The summed E-state index contributed by atoms with van der Waals surface area (Å²) < 4.78 is 18.6. The number of nitrogens with one attached hydrogen (secondary N) is 1. The van der Waals surface area contributed by atoms with Gasteiger partial charge in [0.05, 0.1) is 16.2 Å². The number of rotatable bonds is 4. The molecule has 2 amide bonds. The number of nitrogens with zero attached hydrogens (tertiary/aromatic N) is 2. The number of aromatic hydroxyl groups is 1. The van der Waals surface area contributed by atoms with Crippen LogP contribution in [0.15, 0.2) is 64.6 Å². The molecule has 2 N–H and O–H groups in total. The van der Waals surface area contributed by atoms with Crippen molar-refractivity contribution in [1.29, 1.82) is 0 Å². The number of nitro groups is 1. The molecule has 1 aromatic heterocycles. The molecular formula is C20H12FN3O6. The SMILES string of the molecule is O=C1NN(c2ccc(F)cc2)C(=O)/C1=C/c1ccc(-c2cc([N+](=O)[O-])ccc2O)o1. The highest BCUT2D eigenvalue weighted by molar-refractivity contribution is 6.31. The molecule has 1 aliphatic rings. The molecule has 1 fully saturated rings. The van der Waals surface area contributed by atoms with Crippen LogP contribution in [0.3, 0.4) is 0 Å². The number of non-ortho nitro benzene ring substituents is 1. The smallest absolute Gasteiger partial charge is 0.282 e.